The van der Waals surface area contributed by atoms with Crippen LogP contribution in [0.2, 0.25) is 0 Å². The molecule has 0 saturated heterocycles. The maximum Gasteiger partial charge on any atom is 0.195 e. The van der Waals surface area contributed by atoms with E-state index in [4.69, 9.17) is 14.2 Å². The van der Waals surface area contributed by atoms with Gasteiger partial charge in [-0.3, -0.25) is 4.99 Å². The van der Waals surface area contributed by atoms with Crippen molar-refractivity contribution in [1.82, 2.24) is 5.32 Å². The van der Waals surface area contributed by atoms with Crippen molar-refractivity contribution in [1.29, 1.82) is 0 Å². The number of hydrogen-bond donors (Lipinski definition) is 2. The Balaban J connectivity index is 1.41. The first kappa shape index (κ1) is 17.9. The summed E-state index contributed by atoms with van der Waals surface area (Å²) in [6, 6.07) is 5.87. The average molecular weight is 347 g/mol. The summed E-state index contributed by atoms with van der Waals surface area (Å²) in [6.45, 7) is 3.02. The van der Waals surface area contributed by atoms with E-state index in [1.54, 1.807) is 7.05 Å². The number of fused-ring (bicyclic) bond motifs is 1. The third kappa shape index (κ3) is 5.53. The van der Waals surface area contributed by atoms with E-state index in [0.29, 0.717) is 19.3 Å². The molecule has 1 aliphatic carbocycles. The molecule has 0 aromatic heterocycles. The minimum atomic E-state index is 0.485. The van der Waals surface area contributed by atoms with E-state index in [1.807, 2.05) is 18.2 Å². The van der Waals surface area contributed by atoms with Crippen LogP contribution in [0.3, 0.4) is 0 Å². The smallest absolute Gasteiger partial charge is 0.195 e. The second kappa shape index (κ2) is 9.51. The molecule has 1 saturated carbocycles. The number of anilines is 1. The molecule has 138 valence electrons. The Morgan fingerprint density at radius 1 is 1.16 bits per heavy atom. The van der Waals surface area contributed by atoms with Crippen LogP contribution in [0.5, 0.6) is 11.5 Å². The van der Waals surface area contributed by atoms with Crippen LogP contribution in [0, 0.1) is 0 Å². The third-order valence-corrected chi connectivity index (χ3v) is 4.50. The van der Waals surface area contributed by atoms with E-state index in [0.717, 1.165) is 49.1 Å². The monoisotopic (exact) mass is 347 g/mol. The van der Waals surface area contributed by atoms with Crippen molar-refractivity contribution in [3.63, 3.8) is 0 Å². The van der Waals surface area contributed by atoms with E-state index in [9.17, 15) is 0 Å². The molecule has 2 N–H and O–H groups in total. The van der Waals surface area contributed by atoms with E-state index in [2.05, 4.69) is 15.6 Å². The fourth-order valence-electron chi connectivity index (χ4n) is 3.14. The van der Waals surface area contributed by atoms with Gasteiger partial charge >= 0.3 is 0 Å². The Labute approximate surface area is 149 Å². The number of aliphatic imine (C=N–C) groups is 1. The molecule has 0 bridgehead atoms. The van der Waals surface area contributed by atoms with Gasteiger partial charge in [-0.2, -0.15) is 0 Å². The number of nitrogens with one attached hydrogen (secondary N) is 2. The van der Waals surface area contributed by atoms with Gasteiger partial charge in [0.15, 0.2) is 17.5 Å². The van der Waals surface area contributed by atoms with Crippen molar-refractivity contribution in [2.24, 2.45) is 4.99 Å². The molecule has 0 amide bonds. The highest BCUT2D eigenvalue weighted by Gasteiger charge is 2.14. The first-order valence-corrected chi connectivity index (χ1v) is 9.34. The number of guanidine groups is 1. The minimum Gasteiger partial charge on any atom is -0.490 e. The average Bonchev–Trinajstić information content (AvgIpc) is 3.04. The Hall–Kier alpha value is -1.95. The summed E-state index contributed by atoms with van der Waals surface area (Å²) in [5.41, 5.74) is 0.930. The topological polar surface area (TPSA) is 64.1 Å². The van der Waals surface area contributed by atoms with Gasteiger partial charge < -0.3 is 24.8 Å². The van der Waals surface area contributed by atoms with Gasteiger partial charge in [0.25, 0.3) is 0 Å². The highest BCUT2D eigenvalue weighted by molar-refractivity contribution is 5.93. The molecule has 1 aromatic rings. The molecule has 0 radical (unpaired) electrons. The van der Waals surface area contributed by atoms with Crippen molar-refractivity contribution in [2.45, 2.75) is 44.6 Å². The number of ether oxygens (including phenoxy) is 3. The summed E-state index contributed by atoms with van der Waals surface area (Å²) in [5, 5.41) is 6.62. The Morgan fingerprint density at radius 3 is 2.76 bits per heavy atom. The summed E-state index contributed by atoms with van der Waals surface area (Å²) in [7, 11) is 1.77. The van der Waals surface area contributed by atoms with Gasteiger partial charge in [-0.25, -0.2) is 0 Å². The molecule has 6 heteroatoms. The Kier molecular flexibility index (Phi) is 6.79. The summed E-state index contributed by atoms with van der Waals surface area (Å²) < 4.78 is 17.3. The zero-order valence-electron chi connectivity index (χ0n) is 15.1. The lowest BCUT2D eigenvalue weighted by atomic mass is 10.2. The predicted octanol–water partition coefficient (Wildman–Crippen LogP) is 3.18. The number of benzene rings is 1. The zero-order chi connectivity index (χ0) is 17.3. The SMILES string of the molecule is CN=C(NCCCOC1CCCC1)Nc1ccc2c(c1)OCCCO2. The van der Waals surface area contributed by atoms with Crippen molar-refractivity contribution >= 4 is 11.6 Å². The molecule has 0 spiro atoms. The first-order chi connectivity index (χ1) is 12.3. The van der Waals surface area contributed by atoms with Crippen LogP contribution in [0.4, 0.5) is 5.69 Å². The Bertz CT molecular complexity index is 571. The van der Waals surface area contributed by atoms with Crippen LogP contribution in [-0.2, 0) is 4.74 Å². The van der Waals surface area contributed by atoms with Crippen LogP contribution < -0.4 is 20.1 Å². The number of hydrogen-bond acceptors (Lipinski definition) is 4. The van der Waals surface area contributed by atoms with E-state index >= 15 is 0 Å². The summed E-state index contributed by atoms with van der Waals surface area (Å²) in [4.78, 5) is 4.27. The molecule has 0 unspecified atom stereocenters. The largest absolute Gasteiger partial charge is 0.490 e. The molecule has 1 fully saturated rings. The second-order valence-electron chi connectivity index (χ2n) is 6.47. The van der Waals surface area contributed by atoms with Crippen LogP contribution in [-0.4, -0.2) is 45.5 Å². The van der Waals surface area contributed by atoms with Gasteiger partial charge in [0, 0.05) is 38.4 Å². The molecule has 1 aliphatic heterocycles. The highest BCUT2D eigenvalue weighted by atomic mass is 16.5. The zero-order valence-corrected chi connectivity index (χ0v) is 15.1. The fourth-order valence-corrected chi connectivity index (χ4v) is 3.14. The van der Waals surface area contributed by atoms with Crippen LogP contribution >= 0.6 is 0 Å². The lowest BCUT2D eigenvalue weighted by Gasteiger charge is -2.15. The van der Waals surface area contributed by atoms with E-state index in [1.165, 1.54) is 25.7 Å². The highest BCUT2D eigenvalue weighted by Crippen LogP contribution is 2.32. The van der Waals surface area contributed by atoms with E-state index in [-0.39, 0.29) is 0 Å². The first-order valence-electron chi connectivity index (χ1n) is 9.34. The lowest BCUT2D eigenvalue weighted by molar-refractivity contribution is 0.0574. The fraction of sp³-hybridized carbons (Fsp3) is 0.632. The maximum atomic E-state index is 5.88. The second-order valence-corrected chi connectivity index (χ2v) is 6.47. The Morgan fingerprint density at radius 2 is 1.96 bits per heavy atom. The van der Waals surface area contributed by atoms with E-state index < -0.39 is 0 Å². The van der Waals surface area contributed by atoms with Crippen molar-refractivity contribution in [3.05, 3.63) is 18.2 Å². The predicted molar refractivity (Wildman–Crippen MR) is 99.9 cm³/mol. The third-order valence-electron chi connectivity index (χ3n) is 4.50. The lowest BCUT2D eigenvalue weighted by Crippen LogP contribution is -2.32. The van der Waals surface area contributed by atoms with Crippen LogP contribution in [0.1, 0.15) is 38.5 Å². The van der Waals surface area contributed by atoms with Crippen LogP contribution in [0.25, 0.3) is 0 Å². The summed E-state index contributed by atoms with van der Waals surface area (Å²) in [5.74, 6) is 2.33. The number of rotatable bonds is 6. The van der Waals surface area contributed by atoms with Gasteiger partial charge in [-0.15, -0.1) is 0 Å². The normalized spacial score (nSPS) is 18.0. The van der Waals surface area contributed by atoms with Gasteiger partial charge in [-0.05, 0) is 31.4 Å². The maximum absolute atomic E-state index is 5.88. The van der Waals surface area contributed by atoms with Gasteiger partial charge in [0.2, 0.25) is 0 Å². The standard InChI is InChI=1S/C19H29N3O3/c1-20-19(21-10-4-11-23-16-6-2-3-7-16)22-15-8-9-17-18(14-15)25-13-5-12-24-17/h8-9,14,16H,2-7,10-13H2,1H3,(H2,20,21,22). The van der Waals surface area contributed by atoms with Crippen molar-refractivity contribution < 1.29 is 14.2 Å². The molecule has 0 atom stereocenters. The molecule has 3 rings (SSSR count). The van der Waals surface area contributed by atoms with Crippen LogP contribution in [0.15, 0.2) is 23.2 Å². The molecule has 1 aromatic carbocycles. The minimum absolute atomic E-state index is 0.485. The quantitative estimate of drug-likeness (QED) is 0.470. The molecular weight excluding hydrogens is 318 g/mol. The molecule has 6 nitrogen and oxygen atoms in total. The molecule has 25 heavy (non-hydrogen) atoms. The summed E-state index contributed by atoms with van der Waals surface area (Å²) >= 11 is 0. The number of nitrogens with zero attached hydrogens (tertiary/aromatic N) is 1. The molecular formula is C19H29N3O3. The summed E-state index contributed by atoms with van der Waals surface area (Å²) in [6.07, 6.45) is 7.44. The van der Waals surface area contributed by atoms with Gasteiger partial charge in [-0.1, -0.05) is 12.8 Å². The van der Waals surface area contributed by atoms with Crippen molar-refractivity contribution in [3.8, 4) is 11.5 Å². The van der Waals surface area contributed by atoms with Crippen molar-refractivity contribution in [2.75, 3.05) is 38.7 Å². The molecule has 1 heterocycles. The van der Waals surface area contributed by atoms with Gasteiger partial charge in [0.1, 0.15) is 0 Å². The van der Waals surface area contributed by atoms with Gasteiger partial charge in [0.05, 0.1) is 19.3 Å². The molecule has 2 aliphatic rings.